The zero-order valence-electron chi connectivity index (χ0n) is 13.3. The lowest BCUT2D eigenvalue weighted by atomic mass is 9.74. The first-order valence-electron chi connectivity index (χ1n) is 7.91. The Morgan fingerprint density at radius 1 is 1.26 bits per heavy atom. The number of hydrogen-bond acceptors (Lipinski definition) is 2. The number of amides is 2. The van der Waals surface area contributed by atoms with Crippen molar-refractivity contribution in [3.05, 3.63) is 34.9 Å². The van der Waals surface area contributed by atoms with E-state index < -0.39 is 5.97 Å². The van der Waals surface area contributed by atoms with Gasteiger partial charge in [0.25, 0.3) is 0 Å². The molecule has 6 heteroatoms. The Morgan fingerprint density at radius 3 is 2.43 bits per heavy atom. The van der Waals surface area contributed by atoms with Crippen molar-refractivity contribution < 1.29 is 14.7 Å². The smallest absolute Gasteiger partial charge is 0.317 e. The highest BCUT2D eigenvalue weighted by atomic mass is 35.5. The number of nitrogens with zero attached hydrogens (tertiary/aromatic N) is 1. The number of aliphatic carboxylic acids is 1. The van der Waals surface area contributed by atoms with Crippen molar-refractivity contribution in [3.63, 3.8) is 0 Å². The van der Waals surface area contributed by atoms with Crippen molar-refractivity contribution >= 4 is 23.6 Å². The lowest BCUT2D eigenvalue weighted by molar-refractivity contribution is -0.137. The van der Waals surface area contributed by atoms with Crippen LogP contribution in [0.5, 0.6) is 0 Å². The summed E-state index contributed by atoms with van der Waals surface area (Å²) >= 11 is 5.94. The van der Waals surface area contributed by atoms with E-state index in [2.05, 4.69) is 24.4 Å². The quantitative estimate of drug-likeness (QED) is 0.809. The van der Waals surface area contributed by atoms with Crippen LogP contribution < -0.4 is 5.32 Å². The predicted octanol–water partition coefficient (Wildman–Crippen LogP) is 3.27. The Labute approximate surface area is 141 Å². The minimum absolute atomic E-state index is 0.0602. The zero-order valence-corrected chi connectivity index (χ0v) is 14.1. The number of carbonyl (C=O) groups is 2. The molecule has 0 radical (unpaired) electrons. The van der Waals surface area contributed by atoms with Crippen LogP contribution in [0.25, 0.3) is 0 Å². The maximum Gasteiger partial charge on any atom is 0.317 e. The molecule has 0 atom stereocenters. The molecule has 1 fully saturated rings. The molecule has 1 saturated heterocycles. The molecule has 5 nitrogen and oxygen atoms in total. The fourth-order valence-electron chi connectivity index (χ4n) is 2.89. The van der Waals surface area contributed by atoms with Gasteiger partial charge in [-0.1, -0.05) is 30.7 Å². The van der Waals surface area contributed by atoms with Gasteiger partial charge in [-0.25, -0.2) is 4.79 Å². The third-order valence-corrected chi connectivity index (χ3v) is 4.79. The molecule has 1 heterocycles. The van der Waals surface area contributed by atoms with Crippen molar-refractivity contribution in [2.45, 2.75) is 38.0 Å². The van der Waals surface area contributed by atoms with E-state index in [9.17, 15) is 9.59 Å². The van der Waals surface area contributed by atoms with Crippen LogP contribution in [0.1, 0.15) is 38.2 Å². The molecule has 2 rings (SSSR count). The maximum atomic E-state index is 12.1. The van der Waals surface area contributed by atoms with Gasteiger partial charge in [0.15, 0.2) is 0 Å². The summed E-state index contributed by atoms with van der Waals surface area (Å²) in [6, 6.07) is 7.83. The van der Waals surface area contributed by atoms with Crippen LogP contribution in [-0.4, -0.2) is 41.6 Å². The lowest BCUT2D eigenvalue weighted by Crippen LogP contribution is -2.48. The molecule has 0 spiro atoms. The van der Waals surface area contributed by atoms with Gasteiger partial charge in [0, 0.05) is 31.1 Å². The molecule has 0 aromatic heterocycles. The second-order valence-electron chi connectivity index (χ2n) is 6.28. The van der Waals surface area contributed by atoms with Crippen molar-refractivity contribution in [2.24, 2.45) is 0 Å². The van der Waals surface area contributed by atoms with Crippen LogP contribution in [0.4, 0.5) is 4.79 Å². The van der Waals surface area contributed by atoms with E-state index in [1.807, 2.05) is 12.1 Å². The number of halogens is 1. The van der Waals surface area contributed by atoms with Gasteiger partial charge in [0.05, 0.1) is 0 Å². The summed E-state index contributed by atoms with van der Waals surface area (Å²) in [7, 11) is 0. The topological polar surface area (TPSA) is 69.6 Å². The van der Waals surface area contributed by atoms with Gasteiger partial charge in [0.1, 0.15) is 0 Å². The SMILES string of the molecule is CC1(c2ccc(Cl)cc2)CCN(C(=O)NCCCC(=O)O)CC1. The molecular formula is C17H23ClN2O3. The van der Waals surface area contributed by atoms with E-state index in [1.54, 1.807) is 4.90 Å². The average molecular weight is 339 g/mol. The Hall–Kier alpha value is -1.75. The number of likely N-dealkylation sites (tertiary alicyclic amines) is 1. The number of rotatable bonds is 5. The number of benzene rings is 1. The van der Waals surface area contributed by atoms with Crippen LogP contribution >= 0.6 is 11.6 Å². The first-order valence-corrected chi connectivity index (χ1v) is 8.29. The zero-order chi connectivity index (χ0) is 16.9. The summed E-state index contributed by atoms with van der Waals surface area (Å²) in [6.07, 6.45) is 2.33. The normalized spacial score (nSPS) is 16.9. The first-order chi connectivity index (χ1) is 10.9. The lowest BCUT2D eigenvalue weighted by Gasteiger charge is -2.39. The van der Waals surface area contributed by atoms with Gasteiger partial charge in [-0.3, -0.25) is 4.79 Å². The van der Waals surface area contributed by atoms with Crippen LogP contribution in [0, 0.1) is 0 Å². The van der Waals surface area contributed by atoms with Crippen LogP contribution in [0.2, 0.25) is 5.02 Å². The number of piperidine rings is 1. The van der Waals surface area contributed by atoms with Crippen LogP contribution in [0.15, 0.2) is 24.3 Å². The largest absolute Gasteiger partial charge is 0.481 e. The number of hydrogen-bond donors (Lipinski definition) is 2. The number of carboxylic acid groups (broad SMARTS) is 1. The molecule has 1 aliphatic heterocycles. The Bertz CT molecular complexity index is 551. The molecule has 2 N–H and O–H groups in total. The standard InChI is InChI=1S/C17H23ClN2O3/c1-17(13-4-6-14(18)7-5-13)8-11-20(12-9-17)16(23)19-10-2-3-15(21)22/h4-7H,2-3,8-12H2,1H3,(H,19,23)(H,21,22). The van der Waals surface area contributed by atoms with Gasteiger partial charge < -0.3 is 15.3 Å². The van der Waals surface area contributed by atoms with E-state index in [-0.39, 0.29) is 17.9 Å². The molecule has 23 heavy (non-hydrogen) atoms. The maximum absolute atomic E-state index is 12.1. The molecule has 0 bridgehead atoms. The van der Waals surface area contributed by atoms with Crippen molar-refractivity contribution in [2.75, 3.05) is 19.6 Å². The van der Waals surface area contributed by atoms with Gasteiger partial charge in [0.2, 0.25) is 0 Å². The van der Waals surface area contributed by atoms with Crippen molar-refractivity contribution in [1.29, 1.82) is 0 Å². The van der Waals surface area contributed by atoms with Gasteiger partial charge in [-0.05, 0) is 42.4 Å². The molecule has 0 saturated carbocycles. The highest BCUT2D eigenvalue weighted by Gasteiger charge is 2.33. The van der Waals surface area contributed by atoms with E-state index >= 15 is 0 Å². The Kier molecular flexibility index (Phi) is 5.88. The number of carboxylic acids is 1. The second-order valence-corrected chi connectivity index (χ2v) is 6.72. The summed E-state index contributed by atoms with van der Waals surface area (Å²) in [5, 5.41) is 12.1. The molecule has 0 aliphatic carbocycles. The summed E-state index contributed by atoms with van der Waals surface area (Å²) < 4.78 is 0. The highest BCUT2D eigenvalue weighted by molar-refractivity contribution is 6.30. The van der Waals surface area contributed by atoms with Crippen LogP contribution in [-0.2, 0) is 10.2 Å². The molecule has 0 unspecified atom stereocenters. The third-order valence-electron chi connectivity index (χ3n) is 4.54. The summed E-state index contributed by atoms with van der Waals surface area (Å²) in [5.41, 5.74) is 1.31. The summed E-state index contributed by atoms with van der Waals surface area (Å²) in [4.78, 5) is 24.3. The minimum Gasteiger partial charge on any atom is -0.481 e. The minimum atomic E-state index is -0.837. The predicted molar refractivity (Wildman–Crippen MR) is 89.9 cm³/mol. The van der Waals surface area contributed by atoms with Gasteiger partial charge in [-0.2, -0.15) is 0 Å². The molecule has 126 valence electrons. The first kappa shape index (κ1) is 17.6. The fraction of sp³-hybridized carbons (Fsp3) is 0.529. The van der Waals surface area contributed by atoms with Gasteiger partial charge in [-0.15, -0.1) is 0 Å². The van der Waals surface area contributed by atoms with E-state index in [4.69, 9.17) is 16.7 Å². The Morgan fingerprint density at radius 2 is 1.87 bits per heavy atom. The third kappa shape index (κ3) is 4.86. The molecular weight excluding hydrogens is 316 g/mol. The number of carbonyl (C=O) groups excluding carboxylic acids is 1. The monoisotopic (exact) mass is 338 g/mol. The second kappa shape index (κ2) is 7.68. The van der Waals surface area contributed by atoms with E-state index in [1.165, 1.54) is 5.56 Å². The number of nitrogens with one attached hydrogen (secondary N) is 1. The van der Waals surface area contributed by atoms with Crippen molar-refractivity contribution in [3.8, 4) is 0 Å². The molecule has 1 aromatic carbocycles. The average Bonchev–Trinajstić information content (AvgIpc) is 2.52. The van der Waals surface area contributed by atoms with Crippen molar-refractivity contribution in [1.82, 2.24) is 10.2 Å². The highest BCUT2D eigenvalue weighted by Crippen LogP contribution is 2.35. The fourth-order valence-corrected chi connectivity index (χ4v) is 3.02. The van der Waals surface area contributed by atoms with E-state index in [0.29, 0.717) is 26.1 Å². The number of urea groups is 1. The van der Waals surface area contributed by atoms with Crippen LogP contribution in [0.3, 0.4) is 0 Å². The van der Waals surface area contributed by atoms with Gasteiger partial charge >= 0.3 is 12.0 Å². The summed E-state index contributed by atoms with van der Waals surface area (Å²) in [6.45, 7) is 4.02. The molecule has 1 aromatic rings. The summed E-state index contributed by atoms with van der Waals surface area (Å²) in [5.74, 6) is -0.837. The Balaban J connectivity index is 1.82. The van der Waals surface area contributed by atoms with E-state index in [0.717, 1.165) is 17.9 Å². The molecule has 1 aliphatic rings. The molecule has 2 amide bonds.